The molecule has 4 aromatic rings. The van der Waals surface area contributed by atoms with Gasteiger partial charge in [0.05, 0.1) is 17.4 Å². The van der Waals surface area contributed by atoms with Crippen molar-refractivity contribution in [1.29, 1.82) is 0 Å². The summed E-state index contributed by atoms with van der Waals surface area (Å²) in [5.74, 6) is 0.806. The molecule has 0 aliphatic carbocycles. The van der Waals surface area contributed by atoms with Crippen LogP contribution >= 0.6 is 0 Å². The van der Waals surface area contributed by atoms with Gasteiger partial charge in [-0.2, -0.15) is 0 Å². The molecule has 10 heteroatoms. The average molecular weight is 554 g/mol. The Morgan fingerprint density at radius 3 is 2.56 bits per heavy atom. The number of anilines is 1. The Balaban J connectivity index is 1.32. The van der Waals surface area contributed by atoms with E-state index in [-0.39, 0.29) is 5.91 Å². The van der Waals surface area contributed by atoms with Crippen molar-refractivity contribution in [2.24, 2.45) is 5.73 Å². The summed E-state index contributed by atoms with van der Waals surface area (Å²) in [6.45, 7) is 6.25. The van der Waals surface area contributed by atoms with E-state index in [1.165, 1.54) is 12.8 Å². The predicted molar refractivity (Wildman–Crippen MR) is 155 cm³/mol. The minimum Gasteiger partial charge on any atom is -0.486 e. The van der Waals surface area contributed by atoms with Gasteiger partial charge < -0.3 is 25.3 Å². The largest absolute Gasteiger partial charge is 0.486 e. The number of hydrogen-bond acceptors (Lipinski definition) is 8. The van der Waals surface area contributed by atoms with Crippen molar-refractivity contribution < 1.29 is 23.8 Å². The van der Waals surface area contributed by atoms with Crippen LogP contribution in [0.25, 0.3) is 22.0 Å². The van der Waals surface area contributed by atoms with Crippen LogP contribution in [0.2, 0.25) is 0 Å². The van der Waals surface area contributed by atoms with Gasteiger partial charge in [-0.05, 0) is 81.4 Å². The highest BCUT2D eigenvalue weighted by Crippen LogP contribution is 2.35. The molecule has 2 aromatic carbocycles. The average Bonchev–Trinajstić information content (AvgIpc) is 3.51. The summed E-state index contributed by atoms with van der Waals surface area (Å²) in [6, 6.07) is 14.0. The van der Waals surface area contributed by atoms with E-state index in [9.17, 15) is 9.59 Å². The molecule has 41 heavy (non-hydrogen) atoms. The van der Waals surface area contributed by atoms with E-state index >= 15 is 0 Å². The van der Waals surface area contributed by atoms with Gasteiger partial charge in [-0.25, -0.2) is 4.98 Å². The van der Waals surface area contributed by atoms with Gasteiger partial charge in [0.1, 0.15) is 19.8 Å². The molecule has 0 bridgehead atoms. The highest BCUT2D eigenvalue weighted by atomic mass is 16.6. The van der Waals surface area contributed by atoms with E-state index in [2.05, 4.69) is 15.2 Å². The molecule has 0 saturated carbocycles. The van der Waals surface area contributed by atoms with E-state index < -0.39 is 5.91 Å². The molecule has 10 nitrogen and oxygen atoms in total. The molecule has 6 rings (SSSR count). The summed E-state index contributed by atoms with van der Waals surface area (Å²) in [5, 5.41) is 3.68. The maximum Gasteiger partial charge on any atom is 0.255 e. The van der Waals surface area contributed by atoms with Crippen molar-refractivity contribution in [3.63, 3.8) is 0 Å². The summed E-state index contributed by atoms with van der Waals surface area (Å²) < 4.78 is 17.4. The molecule has 0 spiro atoms. The third-order valence-electron chi connectivity index (χ3n) is 7.35. The van der Waals surface area contributed by atoms with Gasteiger partial charge in [0.15, 0.2) is 11.5 Å². The van der Waals surface area contributed by atoms with E-state index in [1.807, 2.05) is 19.1 Å². The second-order valence-electron chi connectivity index (χ2n) is 10.2. The van der Waals surface area contributed by atoms with Crippen molar-refractivity contribution in [3.05, 3.63) is 71.5 Å². The second-order valence-corrected chi connectivity index (χ2v) is 10.2. The fourth-order valence-electron chi connectivity index (χ4n) is 5.15. The number of carbonyl (C=O) groups excluding carboxylic acids is 2. The Kier molecular flexibility index (Phi) is 7.39. The van der Waals surface area contributed by atoms with Gasteiger partial charge in [0.2, 0.25) is 11.8 Å². The standard InChI is InChI=1S/C31H31N5O5/c1-19-24(17-23(18-33-19)34-30(38)21-5-7-27-28(16-21)40-13-12-39-27)25-15-22-14-20(29(32)37)4-6-26(22)35-31(25)41-11-10-36-8-2-3-9-36/h4-7,14-18H,2-3,8-13H2,1H3,(H2,32,37)(H,34,38). The number of likely N-dealkylation sites (tertiary alicyclic amines) is 1. The van der Waals surface area contributed by atoms with Gasteiger partial charge in [-0.3, -0.25) is 19.5 Å². The van der Waals surface area contributed by atoms with Gasteiger partial charge in [-0.1, -0.05) is 0 Å². The SMILES string of the molecule is Cc1ncc(NC(=O)c2ccc3c(c2)OCCO3)cc1-c1cc2cc(C(N)=O)ccc2nc1OCCN1CCCC1. The van der Waals surface area contributed by atoms with Crippen LogP contribution in [0.15, 0.2) is 54.7 Å². The van der Waals surface area contributed by atoms with Crippen LogP contribution in [0.1, 0.15) is 39.3 Å². The molecule has 2 aromatic heterocycles. The minimum atomic E-state index is -0.513. The van der Waals surface area contributed by atoms with Gasteiger partial charge in [-0.15, -0.1) is 0 Å². The lowest BCUT2D eigenvalue weighted by Crippen LogP contribution is -2.25. The number of nitrogens with zero attached hydrogens (tertiary/aromatic N) is 3. The van der Waals surface area contributed by atoms with Crippen LogP contribution in [0.4, 0.5) is 5.69 Å². The van der Waals surface area contributed by atoms with Crippen molar-refractivity contribution in [2.45, 2.75) is 19.8 Å². The zero-order valence-electron chi connectivity index (χ0n) is 22.8. The third kappa shape index (κ3) is 5.78. The number of aryl methyl sites for hydroxylation is 1. The molecule has 1 fully saturated rings. The number of carbonyl (C=O) groups is 2. The number of amides is 2. The van der Waals surface area contributed by atoms with Crippen LogP contribution in [0.3, 0.4) is 0 Å². The van der Waals surface area contributed by atoms with Gasteiger partial charge >= 0.3 is 0 Å². The molecule has 1 saturated heterocycles. The Hall–Kier alpha value is -4.70. The number of fused-ring (bicyclic) bond motifs is 2. The first-order valence-corrected chi connectivity index (χ1v) is 13.7. The number of nitrogens with two attached hydrogens (primary N) is 1. The maximum absolute atomic E-state index is 13.1. The molecule has 0 radical (unpaired) electrons. The molecule has 0 atom stereocenters. The van der Waals surface area contributed by atoms with Gasteiger partial charge in [0.25, 0.3) is 5.91 Å². The minimum absolute atomic E-state index is 0.302. The first kappa shape index (κ1) is 26.5. The number of primary amides is 1. The van der Waals surface area contributed by atoms with Crippen molar-refractivity contribution in [2.75, 3.05) is 44.8 Å². The van der Waals surface area contributed by atoms with Crippen molar-refractivity contribution in [3.8, 4) is 28.5 Å². The summed E-state index contributed by atoms with van der Waals surface area (Å²) in [4.78, 5) is 36.7. The quantitative estimate of drug-likeness (QED) is 0.332. The number of aromatic nitrogens is 2. The molecule has 0 unspecified atom stereocenters. The molecule has 2 aliphatic heterocycles. The topological polar surface area (TPSA) is 129 Å². The number of nitrogens with one attached hydrogen (secondary N) is 1. The molecular formula is C31H31N5O5. The Bertz CT molecular complexity index is 1630. The lowest BCUT2D eigenvalue weighted by Gasteiger charge is -2.19. The first-order valence-electron chi connectivity index (χ1n) is 13.7. The number of hydrogen-bond donors (Lipinski definition) is 2. The van der Waals surface area contributed by atoms with E-state index in [0.29, 0.717) is 65.1 Å². The lowest BCUT2D eigenvalue weighted by atomic mass is 10.0. The van der Waals surface area contributed by atoms with Crippen molar-refractivity contribution in [1.82, 2.24) is 14.9 Å². The third-order valence-corrected chi connectivity index (χ3v) is 7.35. The summed E-state index contributed by atoms with van der Waals surface area (Å²) >= 11 is 0. The van der Waals surface area contributed by atoms with E-state index in [1.54, 1.807) is 42.6 Å². The maximum atomic E-state index is 13.1. The highest BCUT2D eigenvalue weighted by molar-refractivity contribution is 6.05. The molecule has 4 heterocycles. The van der Waals surface area contributed by atoms with Crippen LogP contribution in [0, 0.1) is 6.92 Å². The normalized spacial score (nSPS) is 14.7. The van der Waals surface area contributed by atoms with Crippen LogP contribution in [-0.4, -0.2) is 66.1 Å². The number of rotatable bonds is 8. The van der Waals surface area contributed by atoms with Crippen molar-refractivity contribution >= 4 is 28.4 Å². The molecule has 2 amide bonds. The number of benzene rings is 2. The molecular weight excluding hydrogens is 522 g/mol. The summed E-state index contributed by atoms with van der Waals surface area (Å²) in [6.07, 6.45) is 4.02. The predicted octanol–water partition coefficient (Wildman–Crippen LogP) is 4.20. The van der Waals surface area contributed by atoms with E-state index in [0.717, 1.165) is 36.3 Å². The highest BCUT2D eigenvalue weighted by Gasteiger charge is 2.19. The summed E-state index contributed by atoms with van der Waals surface area (Å²) in [7, 11) is 0. The fourth-order valence-corrected chi connectivity index (χ4v) is 5.15. The molecule has 3 N–H and O–H groups in total. The second kappa shape index (κ2) is 11.4. The van der Waals surface area contributed by atoms with Gasteiger partial charge in [0, 0.05) is 39.9 Å². The number of ether oxygens (including phenoxy) is 3. The fraction of sp³-hybridized carbons (Fsp3) is 0.290. The number of pyridine rings is 2. The first-order chi connectivity index (χ1) is 19.9. The van der Waals surface area contributed by atoms with Crippen LogP contribution in [0.5, 0.6) is 17.4 Å². The van der Waals surface area contributed by atoms with Crippen LogP contribution in [-0.2, 0) is 0 Å². The smallest absolute Gasteiger partial charge is 0.255 e. The monoisotopic (exact) mass is 553 g/mol. The van der Waals surface area contributed by atoms with E-state index in [4.69, 9.17) is 24.9 Å². The lowest BCUT2D eigenvalue weighted by molar-refractivity contribution is 0.0997. The van der Waals surface area contributed by atoms with Crippen LogP contribution < -0.4 is 25.3 Å². The summed E-state index contributed by atoms with van der Waals surface area (Å²) in [5.41, 5.74) is 9.75. The molecule has 2 aliphatic rings. The zero-order chi connectivity index (χ0) is 28.3. The zero-order valence-corrected chi connectivity index (χ0v) is 22.8. The Morgan fingerprint density at radius 1 is 0.976 bits per heavy atom. The Morgan fingerprint density at radius 2 is 1.76 bits per heavy atom. The Labute approximate surface area is 237 Å². The molecule has 210 valence electrons.